The Labute approximate surface area is 162 Å². The number of para-hydroxylation sites is 1. The van der Waals surface area contributed by atoms with Crippen LogP contribution in [0.25, 0.3) is 10.9 Å². The molecule has 4 rings (SSSR count). The van der Waals surface area contributed by atoms with Crippen molar-refractivity contribution >= 4 is 40.0 Å². The molecule has 0 unspecified atom stereocenters. The van der Waals surface area contributed by atoms with E-state index >= 15 is 0 Å². The molecule has 1 aromatic heterocycles. The van der Waals surface area contributed by atoms with Crippen LogP contribution in [-0.4, -0.2) is 22.7 Å². The number of nitrogens with one attached hydrogen (secondary N) is 1. The standard InChI is InChI=1S/C22H19N3O3/c1-13-11-14(2)23-21-17(13)7-4-8-18(21)24-22(28)15-5-3-6-16(12-15)25-19(26)9-10-20(25)27/h3-8,11-12H,9-10H2,1-2H3,(H,24,28). The first kappa shape index (κ1) is 17.9. The molecule has 1 aliphatic heterocycles. The second-order valence-electron chi connectivity index (χ2n) is 6.91. The van der Waals surface area contributed by atoms with Gasteiger partial charge in [0.25, 0.3) is 5.91 Å². The SMILES string of the molecule is Cc1cc(C)c2cccc(NC(=O)c3cccc(N4C(=O)CCC4=O)c3)c2n1. The van der Waals surface area contributed by atoms with Crippen LogP contribution in [0.1, 0.15) is 34.5 Å². The Morgan fingerprint density at radius 1 is 1.00 bits per heavy atom. The van der Waals surface area contributed by atoms with Gasteiger partial charge in [-0.15, -0.1) is 0 Å². The van der Waals surface area contributed by atoms with Crippen molar-refractivity contribution in [3.63, 3.8) is 0 Å². The maximum atomic E-state index is 12.8. The maximum absolute atomic E-state index is 12.8. The molecule has 6 nitrogen and oxygen atoms in total. The van der Waals surface area contributed by atoms with Crippen LogP contribution in [0.2, 0.25) is 0 Å². The highest BCUT2D eigenvalue weighted by Gasteiger charge is 2.30. The quantitative estimate of drug-likeness (QED) is 0.709. The maximum Gasteiger partial charge on any atom is 0.255 e. The zero-order valence-electron chi connectivity index (χ0n) is 15.7. The van der Waals surface area contributed by atoms with Crippen LogP contribution in [0.3, 0.4) is 0 Å². The average molecular weight is 373 g/mol. The molecule has 2 heterocycles. The number of anilines is 2. The molecule has 0 saturated carbocycles. The number of imide groups is 1. The summed E-state index contributed by atoms with van der Waals surface area (Å²) in [4.78, 5) is 42.5. The number of aromatic nitrogens is 1. The van der Waals surface area contributed by atoms with Crippen molar-refractivity contribution in [1.82, 2.24) is 4.98 Å². The van der Waals surface area contributed by atoms with E-state index in [1.807, 2.05) is 38.1 Å². The van der Waals surface area contributed by atoms with Gasteiger partial charge in [0.05, 0.1) is 16.9 Å². The first-order valence-corrected chi connectivity index (χ1v) is 9.08. The number of hydrogen-bond donors (Lipinski definition) is 1. The molecule has 0 bridgehead atoms. The van der Waals surface area contributed by atoms with Crippen LogP contribution in [0.5, 0.6) is 0 Å². The van der Waals surface area contributed by atoms with Crippen LogP contribution in [0.4, 0.5) is 11.4 Å². The van der Waals surface area contributed by atoms with Crippen molar-refractivity contribution < 1.29 is 14.4 Å². The minimum Gasteiger partial charge on any atom is -0.320 e. The van der Waals surface area contributed by atoms with Gasteiger partial charge in [0.2, 0.25) is 11.8 Å². The smallest absolute Gasteiger partial charge is 0.255 e. The lowest BCUT2D eigenvalue weighted by Crippen LogP contribution is -2.28. The van der Waals surface area contributed by atoms with Crippen molar-refractivity contribution in [1.29, 1.82) is 0 Å². The molecule has 0 radical (unpaired) electrons. The highest BCUT2D eigenvalue weighted by Crippen LogP contribution is 2.27. The van der Waals surface area contributed by atoms with Crippen LogP contribution in [-0.2, 0) is 9.59 Å². The molecular formula is C22H19N3O3. The van der Waals surface area contributed by atoms with Gasteiger partial charge in [0.1, 0.15) is 0 Å². The normalized spacial score (nSPS) is 14.0. The largest absolute Gasteiger partial charge is 0.320 e. The second-order valence-corrected chi connectivity index (χ2v) is 6.91. The molecule has 0 atom stereocenters. The summed E-state index contributed by atoms with van der Waals surface area (Å²) >= 11 is 0. The van der Waals surface area contributed by atoms with Gasteiger partial charge in [0, 0.05) is 29.5 Å². The number of rotatable bonds is 3. The Bertz CT molecular complexity index is 1120. The van der Waals surface area contributed by atoms with Crippen molar-refractivity contribution in [2.75, 3.05) is 10.2 Å². The third-order valence-electron chi connectivity index (χ3n) is 4.84. The van der Waals surface area contributed by atoms with E-state index in [0.29, 0.717) is 16.9 Å². The number of pyridine rings is 1. The molecule has 0 spiro atoms. The summed E-state index contributed by atoms with van der Waals surface area (Å²) in [6.45, 7) is 3.93. The summed E-state index contributed by atoms with van der Waals surface area (Å²) in [5, 5.41) is 3.88. The summed E-state index contributed by atoms with van der Waals surface area (Å²) in [6, 6.07) is 14.2. The number of benzene rings is 2. The van der Waals surface area contributed by atoms with Gasteiger partial charge >= 0.3 is 0 Å². The fraction of sp³-hybridized carbons (Fsp3) is 0.182. The number of carbonyl (C=O) groups is 3. The minimum absolute atomic E-state index is 0.204. The topological polar surface area (TPSA) is 79.4 Å². The third-order valence-corrected chi connectivity index (χ3v) is 4.84. The number of aryl methyl sites for hydroxylation is 2. The molecule has 0 aliphatic carbocycles. The molecule has 6 heteroatoms. The Morgan fingerprint density at radius 3 is 2.46 bits per heavy atom. The van der Waals surface area contributed by atoms with Gasteiger partial charge < -0.3 is 5.32 Å². The lowest BCUT2D eigenvalue weighted by Gasteiger charge is -2.15. The van der Waals surface area contributed by atoms with E-state index in [1.165, 1.54) is 0 Å². The van der Waals surface area contributed by atoms with E-state index in [-0.39, 0.29) is 30.6 Å². The summed E-state index contributed by atoms with van der Waals surface area (Å²) in [5.41, 5.74) is 4.10. The van der Waals surface area contributed by atoms with Crippen LogP contribution in [0.15, 0.2) is 48.5 Å². The van der Waals surface area contributed by atoms with E-state index in [2.05, 4.69) is 10.3 Å². The van der Waals surface area contributed by atoms with E-state index in [1.54, 1.807) is 24.3 Å². The Balaban J connectivity index is 1.67. The molecule has 1 aliphatic rings. The highest BCUT2D eigenvalue weighted by molar-refractivity contribution is 6.20. The van der Waals surface area contributed by atoms with Gasteiger partial charge in [0.15, 0.2) is 0 Å². The number of carbonyl (C=O) groups excluding carboxylic acids is 3. The van der Waals surface area contributed by atoms with Crippen molar-refractivity contribution in [3.8, 4) is 0 Å². The monoisotopic (exact) mass is 373 g/mol. The fourth-order valence-electron chi connectivity index (χ4n) is 3.53. The van der Waals surface area contributed by atoms with Gasteiger partial charge in [-0.3, -0.25) is 24.3 Å². The minimum atomic E-state index is -0.325. The second kappa shape index (κ2) is 6.88. The summed E-state index contributed by atoms with van der Waals surface area (Å²) in [5.74, 6) is -0.812. The molecule has 1 N–H and O–H groups in total. The first-order chi connectivity index (χ1) is 13.4. The Kier molecular flexibility index (Phi) is 4.39. The average Bonchev–Trinajstić information content (AvgIpc) is 3.01. The Morgan fingerprint density at radius 2 is 1.71 bits per heavy atom. The molecule has 28 heavy (non-hydrogen) atoms. The van der Waals surface area contributed by atoms with E-state index < -0.39 is 0 Å². The van der Waals surface area contributed by atoms with E-state index in [4.69, 9.17) is 0 Å². The molecule has 3 amide bonds. The number of fused-ring (bicyclic) bond motifs is 1. The van der Waals surface area contributed by atoms with Gasteiger partial charge in [-0.05, 0) is 49.7 Å². The van der Waals surface area contributed by atoms with Crippen LogP contribution in [0, 0.1) is 13.8 Å². The van der Waals surface area contributed by atoms with Crippen LogP contribution < -0.4 is 10.2 Å². The molecule has 1 fully saturated rings. The van der Waals surface area contributed by atoms with Crippen molar-refractivity contribution in [2.24, 2.45) is 0 Å². The highest BCUT2D eigenvalue weighted by atomic mass is 16.2. The third kappa shape index (κ3) is 3.13. The fourth-order valence-corrected chi connectivity index (χ4v) is 3.53. The molecular weight excluding hydrogens is 354 g/mol. The molecule has 2 aromatic carbocycles. The van der Waals surface area contributed by atoms with Gasteiger partial charge in [-0.1, -0.05) is 18.2 Å². The van der Waals surface area contributed by atoms with Crippen LogP contribution >= 0.6 is 0 Å². The van der Waals surface area contributed by atoms with Crippen molar-refractivity contribution in [3.05, 3.63) is 65.4 Å². The lowest BCUT2D eigenvalue weighted by atomic mass is 10.1. The van der Waals surface area contributed by atoms with E-state index in [9.17, 15) is 14.4 Å². The number of amides is 3. The number of nitrogens with zero attached hydrogens (tertiary/aromatic N) is 2. The van der Waals surface area contributed by atoms with E-state index in [0.717, 1.165) is 27.1 Å². The molecule has 3 aromatic rings. The predicted octanol–water partition coefficient (Wildman–Crippen LogP) is 3.76. The van der Waals surface area contributed by atoms with Gasteiger partial charge in [-0.2, -0.15) is 0 Å². The summed E-state index contributed by atoms with van der Waals surface area (Å²) in [7, 11) is 0. The lowest BCUT2D eigenvalue weighted by molar-refractivity contribution is -0.121. The predicted molar refractivity (Wildman–Crippen MR) is 107 cm³/mol. The van der Waals surface area contributed by atoms with Gasteiger partial charge in [-0.25, -0.2) is 0 Å². The molecule has 140 valence electrons. The zero-order valence-corrected chi connectivity index (χ0v) is 15.7. The summed E-state index contributed by atoms with van der Waals surface area (Å²) < 4.78 is 0. The first-order valence-electron chi connectivity index (χ1n) is 9.08. The summed E-state index contributed by atoms with van der Waals surface area (Å²) in [6.07, 6.45) is 0.408. The number of hydrogen-bond acceptors (Lipinski definition) is 4. The zero-order chi connectivity index (χ0) is 19.8. The Hall–Kier alpha value is -3.54. The van der Waals surface area contributed by atoms with Crippen molar-refractivity contribution in [2.45, 2.75) is 26.7 Å². The molecule has 1 saturated heterocycles.